The number of anilines is 1. The highest BCUT2D eigenvalue weighted by Gasteiger charge is 2.73. The summed E-state index contributed by atoms with van der Waals surface area (Å²) in [5.41, 5.74) is -0.593. The van der Waals surface area contributed by atoms with Gasteiger partial charge in [-0.05, 0) is 74.2 Å². The van der Waals surface area contributed by atoms with Crippen LogP contribution >= 0.6 is 0 Å². The molecule has 0 unspecified atom stereocenters. The number of allylic oxidation sites excluding steroid dienone is 2. The number of carboxylic acids is 1. The third-order valence-electron chi connectivity index (χ3n) is 11.5. The number of para-hydroxylation sites is 2. The minimum absolute atomic E-state index is 0.00379. The molecule has 38 heavy (non-hydrogen) atoms. The van der Waals surface area contributed by atoms with E-state index in [-0.39, 0.29) is 52.3 Å². The van der Waals surface area contributed by atoms with Gasteiger partial charge in [-0.3, -0.25) is 24.5 Å². The molecule has 8 heteroatoms. The van der Waals surface area contributed by atoms with Gasteiger partial charge >= 0.3 is 5.97 Å². The largest absolute Gasteiger partial charge is 0.481 e. The predicted molar refractivity (Wildman–Crippen MR) is 140 cm³/mol. The lowest BCUT2D eigenvalue weighted by Crippen LogP contribution is -2.65. The van der Waals surface area contributed by atoms with Gasteiger partial charge in [0.05, 0.1) is 22.2 Å². The standard InChI is InChI=1S/C30H36N2O6/c1-16(2)18-15-30-13-10-21-28(3,11-7-12-29(21,4)27(35)36)22(30)14-17(18)23-24(30)26(34)31(25(23)33)19-8-5-6-9-20(19)32(37)38/h5-6,8-9,15-17,21-24H,7,10-14H2,1-4H3,(H,35,36)/t17-,21+,22-,23+,24+,28-,29+,30-/m0/s1. The Morgan fingerprint density at radius 3 is 2.47 bits per heavy atom. The molecule has 1 aromatic carbocycles. The summed E-state index contributed by atoms with van der Waals surface area (Å²) in [5, 5.41) is 22.1. The van der Waals surface area contributed by atoms with E-state index in [0.717, 1.165) is 24.2 Å². The molecular formula is C30H36N2O6. The number of carbonyl (C=O) groups excluding carboxylic acids is 2. The minimum atomic E-state index is -0.804. The number of carbonyl (C=O) groups is 3. The van der Waals surface area contributed by atoms with Crippen LogP contribution in [0.5, 0.6) is 0 Å². The van der Waals surface area contributed by atoms with Crippen molar-refractivity contribution in [3.63, 3.8) is 0 Å². The predicted octanol–water partition coefficient (Wildman–Crippen LogP) is 5.61. The molecule has 1 heterocycles. The van der Waals surface area contributed by atoms with Crippen LogP contribution in [0.15, 0.2) is 35.9 Å². The Morgan fingerprint density at radius 1 is 1.11 bits per heavy atom. The van der Waals surface area contributed by atoms with Crippen molar-refractivity contribution in [2.75, 3.05) is 4.90 Å². The smallest absolute Gasteiger partial charge is 0.309 e. The molecule has 1 N–H and O–H groups in total. The number of hydrogen-bond acceptors (Lipinski definition) is 5. The fourth-order valence-corrected chi connectivity index (χ4v) is 10.0. The van der Waals surface area contributed by atoms with Crippen molar-refractivity contribution >= 4 is 29.2 Å². The van der Waals surface area contributed by atoms with Crippen molar-refractivity contribution in [2.24, 2.45) is 51.8 Å². The number of nitro groups is 1. The molecule has 1 spiro atoms. The van der Waals surface area contributed by atoms with Crippen LogP contribution < -0.4 is 4.90 Å². The normalized spacial score (nSPS) is 41.4. The Labute approximate surface area is 222 Å². The maximum absolute atomic E-state index is 14.3. The summed E-state index contributed by atoms with van der Waals surface area (Å²) in [5.74, 6) is -2.32. The lowest BCUT2D eigenvalue weighted by molar-refractivity contribution is -0.384. The van der Waals surface area contributed by atoms with Gasteiger partial charge in [0.15, 0.2) is 0 Å². The zero-order chi connectivity index (χ0) is 27.4. The number of fused-ring (bicyclic) bond motifs is 1. The van der Waals surface area contributed by atoms with Crippen molar-refractivity contribution < 1.29 is 24.4 Å². The second kappa shape index (κ2) is 7.99. The molecule has 0 aromatic heterocycles. The van der Waals surface area contributed by atoms with Crippen LogP contribution in [0.25, 0.3) is 0 Å². The summed E-state index contributed by atoms with van der Waals surface area (Å²) in [7, 11) is 0. The summed E-state index contributed by atoms with van der Waals surface area (Å²) in [6.07, 6.45) is 6.84. The number of amides is 2. The second-order valence-corrected chi connectivity index (χ2v) is 13.2. The topological polar surface area (TPSA) is 118 Å². The number of benzene rings is 1. The molecule has 202 valence electrons. The summed E-state index contributed by atoms with van der Waals surface area (Å²) < 4.78 is 0. The van der Waals surface area contributed by atoms with Crippen molar-refractivity contribution in [1.29, 1.82) is 0 Å². The van der Waals surface area contributed by atoms with Gasteiger partial charge < -0.3 is 5.11 Å². The molecule has 3 saturated carbocycles. The van der Waals surface area contributed by atoms with Gasteiger partial charge in [0.25, 0.3) is 5.69 Å². The van der Waals surface area contributed by atoms with Crippen molar-refractivity contribution in [1.82, 2.24) is 0 Å². The quantitative estimate of drug-likeness (QED) is 0.239. The monoisotopic (exact) mass is 520 g/mol. The molecule has 4 fully saturated rings. The Kier molecular flexibility index (Phi) is 5.31. The van der Waals surface area contributed by atoms with Crippen molar-refractivity contribution in [2.45, 2.75) is 66.2 Å². The molecule has 8 nitrogen and oxygen atoms in total. The highest BCUT2D eigenvalue weighted by atomic mass is 16.6. The van der Waals surface area contributed by atoms with Crippen molar-refractivity contribution in [3.8, 4) is 0 Å². The lowest BCUT2D eigenvalue weighted by Gasteiger charge is -2.68. The third-order valence-corrected chi connectivity index (χ3v) is 11.5. The molecule has 2 bridgehead atoms. The van der Waals surface area contributed by atoms with Crippen LogP contribution in [0.3, 0.4) is 0 Å². The minimum Gasteiger partial charge on any atom is -0.481 e. The molecule has 1 saturated heterocycles. The first kappa shape index (κ1) is 25.3. The van der Waals surface area contributed by atoms with E-state index >= 15 is 0 Å². The first-order valence-electron chi connectivity index (χ1n) is 14.0. The summed E-state index contributed by atoms with van der Waals surface area (Å²) in [6.45, 7) is 8.39. The van der Waals surface area contributed by atoms with Gasteiger partial charge in [-0.2, -0.15) is 0 Å². The van der Waals surface area contributed by atoms with Gasteiger partial charge in [-0.1, -0.05) is 51.0 Å². The zero-order valence-corrected chi connectivity index (χ0v) is 22.5. The number of rotatable bonds is 4. The second-order valence-electron chi connectivity index (χ2n) is 13.2. The van der Waals surface area contributed by atoms with Gasteiger partial charge in [-0.15, -0.1) is 0 Å². The third kappa shape index (κ3) is 2.94. The SMILES string of the molecule is CC(C)C1=C[C@@]23CC[C@@H]4[C@](C)(CCC[C@@]4(C)C(=O)O)[C@@H]2C[C@@H]1[C@H]1C(=O)N(c2ccccc2[N+](=O)[O-])C(=O)[C@@H]13. The number of carboxylic acid groups (broad SMARTS) is 1. The highest BCUT2D eigenvalue weighted by molar-refractivity contribution is 6.23. The number of imide groups is 1. The van der Waals surface area contributed by atoms with Crippen molar-refractivity contribution in [3.05, 3.63) is 46.0 Å². The molecular weight excluding hydrogens is 484 g/mol. The van der Waals surface area contributed by atoms with Gasteiger partial charge in [0.2, 0.25) is 11.8 Å². The fourth-order valence-electron chi connectivity index (χ4n) is 10.0. The van der Waals surface area contributed by atoms with E-state index in [1.165, 1.54) is 17.7 Å². The van der Waals surface area contributed by atoms with E-state index < -0.39 is 33.6 Å². The number of nitrogens with zero attached hydrogens (tertiary/aromatic N) is 2. The maximum Gasteiger partial charge on any atom is 0.309 e. The zero-order valence-electron chi connectivity index (χ0n) is 22.5. The van der Waals surface area contributed by atoms with Crippen LogP contribution in [-0.4, -0.2) is 27.8 Å². The van der Waals surface area contributed by atoms with Gasteiger partial charge in [-0.25, -0.2) is 4.90 Å². The molecule has 7 rings (SSSR count). The molecule has 5 aliphatic carbocycles. The van der Waals surface area contributed by atoms with Crippen LogP contribution in [0, 0.1) is 61.9 Å². The Hall–Kier alpha value is -3.03. The average molecular weight is 521 g/mol. The number of hydrogen-bond donors (Lipinski definition) is 1. The Balaban J connectivity index is 1.50. The summed E-state index contributed by atoms with van der Waals surface area (Å²) in [4.78, 5) is 53.3. The van der Waals surface area contributed by atoms with Gasteiger partial charge in [0.1, 0.15) is 5.69 Å². The van der Waals surface area contributed by atoms with Crippen LogP contribution in [0.4, 0.5) is 11.4 Å². The van der Waals surface area contributed by atoms with E-state index in [0.29, 0.717) is 19.3 Å². The van der Waals surface area contributed by atoms with E-state index in [1.807, 2.05) is 6.92 Å². The average Bonchev–Trinajstić information content (AvgIpc) is 3.15. The van der Waals surface area contributed by atoms with Crippen LogP contribution in [-0.2, 0) is 14.4 Å². The molecule has 0 radical (unpaired) electrons. The molecule has 6 aliphatic rings. The Bertz CT molecular complexity index is 1300. The Morgan fingerprint density at radius 2 is 1.82 bits per heavy atom. The molecule has 1 aromatic rings. The highest BCUT2D eigenvalue weighted by Crippen LogP contribution is 2.74. The van der Waals surface area contributed by atoms with E-state index in [1.54, 1.807) is 12.1 Å². The van der Waals surface area contributed by atoms with Crippen LogP contribution in [0.1, 0.15) is 66.2 Å². The lowest BCUT2D eigenvalue weighted by atomic mass is 9.34. The van der Waals surface area contributed by atoms with Gasteiger partial charge in [0, 0.05) is 11.5 Å². The van der Waals surface area contributed by atoms with E-state index in [4.69, 9.17) is 0 Å². The van der Waals surface area contributed by atoms with E-state index in [2.05, 4.69) is 26.8 Å². The summed E-state index contributed by atoms with van der Waals surface area (Å²) >= 11 is 0. The number of aliphatic carboxylic acids is 1. The number of nitro benzene ring substituents is 1. The summed E-state index contributed by atoms with van der Waals surface area (Å²) in [6, 6.07) is 6.00. The maximum atomic E-state index is 14.3. The molecule has 8 atom stereocenters. The van der Waals surface area contributed by atoms with E-state index in [9.17, 15) is 29.6 Å². The molecule has 1 aliphatic heterocycles. The van der Waals surface area contributed by atoms with Crippen LogP contribution in [0.2, 0.25) is 0 Å². The first-order valence-corrected chi connectivity index (χ1v) is 14.0. The first-order chi connectivity index (χ1) is 17.9. The molecule has 2 amide bonds. The fraction of sp³-hybridized carbons (Fsp3) is 0.633.